The number of nitrogens with one attached hydrogen (secondary N) is 1. The molecule has 1 aromatic carbocycles. The number of carbonyl (C=O) groups is 1. The predicted molar refractivity (Wildman–Crippen MR) is 213 cm³/mol. The van der Waals surface area contributed by atoms with Gasteiger partial charge in [0.15, 0.2) is 12.1 Å². The molecule has 3 fully saturated rings. The molecule has 0 saturated carbocycles. The highest BCUT2D eigenvalue weighted by molar-refractivity contribution is 7.91. The Morgan fingerprint density at radius 3 is 2.34 bits per heavy atom. The molecule has 3 saturated heterocycles. The number of anilines is 1. The number of rotatable bonds is 14. The second kappa shape index (κ2) is 18.1. The molecule has 3 aliphatic rings. The van der Waals surface area contributed by atoms with Gasteiger partial charge in [0.05, 0.1) is 43.4 Å². The first-order chi connectivity index (χ1) is 27.5. The number of alkyl halides is 2. The molecule has 0 aliphatic carbocycles. The van der Waals surface area contributed by atoms with Crippen molar-refractivity contribution in [2.75, 3.05) is 50.2 Å². The first kappa shape index (κ1) is 43.6. The Morgan fingerprint density at radius 1 is 1.02 bits per heavy atom. The number of hydrogen-bond acceptors (Lipinski definition) is 11. The molecule has 58 heavy (non-hydrogen) atoms. The molecule has 1 amide bonds. The number of aromatic nitrogens is 3. The van der Waals surface area contributed by atoms with E-state index in [-0.39, 0.29) is 85.3 Å². The zero-order valence-corrected chi connectivity index (χ0v) is 34.8. The number of pyridine rings is 1. The highest BCUT2D eigenvalue weighted by Gasteiger charge is 2.46. The van der Waals surface area contributed by atoms with E-state index in [1.54, 1.807) is 38.3 Å². The van der Waals surface area contributed by atoms with Gasteiger partial charge < -0.3 is 33.7 Å². The zero-order valence-electron chi connectivity index (χ0n) is 34.0. The minimum absolute atomic E-state index is 0.0198. The summed E-state index contributed by atoms with van der Waals surface area (Å²) in [4.78, 5) is 28.2. The smallest absolute Gasteiger partial charge is 0.410 e. The van der Waals surface area contributed by atoms with Gasteiger partial charge in [-0.25, -0.2) is 26.4 Å². The number of unbranched alkanes of at least 4 members (excludes halogenated alkanes) is 3. The number of carbonyl (C=O) groups excluding carboxylic acids is 1. The summed E-state index contributed by atoms with van der Waals surface area (Å²) >= 11 is 0. The van der Waals surface area contributed by atoms with Gasteiger partial charge in [0.1, 0.15) is 26.8 Å². The van der Waals surface area contributed by atoms with E-state index in [1.807, 2.05) is 0 Å². The Kier molecular flexibility index (Phi) is 13.6. The Labute approximate surface area is 337 Å². The molecule has 0 spiro atoms. The van der Waals surface area contributed by atoms with Crippen LogP contribution in [0.3, 0.4) is 0 Å². The number of piperidine rings is 1. The molecule has 0 radical (unpaired) electrons. The van der Waals surface area contributed by atoms with Gasteiger partial charge in [-0.15, -0.1) is 10.2 Å². The number of ether oxygens (including phenoxy) is 4. The summed E-state index contributed by atoms with van der Waals surface area (Å²) in [5.74, 6) is -5.89. The van der Waals surface area contributed by atoms with Gasteiger partial charge in [0.2, 0.25) is 0 Å². The number of sulfone groups is 1. The average Bonchev–Trinajstić information content (AvgIpc) is 3.70. The number of amides is 1. The van der Waals surface area contributed by atoms with Crippen LogP contribution in [0, 0.1) is 11.7 Å². The Hall–Kier alpha value is -3.96. The molecular formula is C41H56F3N5O8S. The van der Waals surface area contributed by atoms with Gasteiger partial charge in [-0.2, -0.15) is 0 Å². The number of methoxy groups -OCH3 is 1. The Balaban J connectivity index is 1.26. The topological polar surface area (TPSA) is 151 Å². The molecule has 17 heteroatoms. The number of nitrogens with zero attached hydrogens (tertiary/aromatic N) is 4. The van der Waals surface area contributed by atoms with Crippen molar-refractivity contribution in [3.63, 3.8) is 0 Å². The second-order valence-corrected chi connectivity index (χ2v) is 18.9. The summed E-state index contributed by atoms with van der Waals surface area (Å²) < 4.78 is 97.0. The summed E-state index contributed by atoms with van der Waals surface area (Å²) in [6.45, 7) is 8.48. The van der Waals surface area contributed by atoms with Crippen LogP contribution in [0.25, 0.3) is 10.9 Å². The normalized spacial score (nSPS) is 19.1. The predicted octanol–water partition coefficient (Wildman–Crippen LogP) is 7.47. The third kappa shape index (κ3) is 10.1. The number of hydrogen-bond donors (Lipinski definition) is 1. The van der Waals surface area contributed by atoms with Crippen molar-refractivity contribution >= 4 is 32.7 Å². The highest BCUT2D eigenvalue weighted by Crippen LogP contribution is 2.44. The van der Waals surface area contributed by atoms with Crippen LogP contribution in [-0.2, 0) is 36.5 Å². The van der Waals surface area contributed by atoms with Crippen LogP contribution in [0.1, 0.15) is 114 Å². The van der Waals surface area contributed by atoms with Crippen molar-refractivity contribution in [2.24, 2.45) is 5.92 Å². The lowest BCUT2D eigenvalue weighted by molar-refractivity contribution is -0.0885. The van der Waals surface area contributed by atoms with E-state index in [9.17, 15) is 18.0 Å². The highest BCUT2D eigenvalue weighted by atomic mass is 32.2. The summed E-state index contributed by atoms with van der Waals surface area (Å²) in [6.07, 6.45) is 3.82. The molecule has 0 bridgehead atoms. The SMILES string of the molecule is COc1nnc(N[C@H](C)c2cccc(C(F)(F)C3CCN(C(=O)OC(C)(C)C)CC3)c2F)c2cc(C3CCS(=O)(=O)CC3)c(=O)n(CCCCCCC3OCCO3)c12. The van der Waals surface area contributed by atoms with Gasteiger partial charge in [-0.3, -0.25) is 4.79 Å². The van der Waals surface area contributed by atoms with Gasteiger partial charge in [-0.05, 0) is 84.6 Å². The van der Waals surface area contributed by atoms with Crippen molar-refractivity contribution < 1.29 is 45.3 Å². The van der Waals surface area contributed by atoms with Gasteiger partial charge in [0.25, 0.3) is 17.4 Å². The fourth-order valence-electron chi connectivity index (χ4n) is 8.15. The molecule has 1 N–H and O–H groups in total. The summed E-state index contributed by atoms with van der Waals surface area (Å²) in [5.41, 5.74) is -0.932. The Bertz CT molecular complexity index is 2080. The number of halogens is 3. The minimum atomic E-state index is -3.52. The van der Waals surface area contributed by atoms with Crippen molar-refractivity contribution in [3.8, 4) is 5.88 Å². The van der Waals surface area contributed by atoms with Crippen LogP contribution in [0.15, 0.2) is 29.1 Å². The fourth-order valence-corrected chi connectivity index (χ4v) is 9.64. The van der Waals surface area contributed by atoms with Gasteiger partial charge in [0, 0.05) is 42.1 Å². The van der Waals surface area contributed by atoms with E-state index in [0.717, 1.165) is 31.7 Å². The quantitative estimate of drug-likeness (QED) is 0.161. The molecule has 2 aromatic heterocycles. The monoisotopic (exact) mass is 835 g/mol. The third-order valence-electron chi connectivity index (χ3n) is 11.3. The van der Waals surface area contributed by atoms with E-state index in [0.29, 0.717) is 42.6 Å². The molecule has 320 valence electrons. The van der Waals surface area contributed by atoms with E-state index < -0.39 is 50.8 Å². The first-order valence-electron chi connectivity index (χ1n) is 20.3. The van der Waals surface area contributed by atoms with Crippen LogP contribution in [0.2, 0.25) is 0 Å². The van der Waals surface area contributed by atoms with Crippen LogP contribution in [0.5, 0.6) is 5.88 Å². The third-order valence-corrected chi connectivity index (χ3v) is 13.0. The lowest BCUT2D eigenvalue weighted by atomic mass is 9.85. The van der Waals surface area contributed by atoms with Crippen molar-refractivity contribution in [1.82, 2.24) is 19.7 Å². The van der Waals surface area contributed by atoms with Crippen LogP contribution >= 0.6 is 0 Å². The van der Waals surface area contributed by atoms with Crippen LogP contribution in [-0.4, -0.2) is 91.0 Å². The number of aryl methyl sites for hydroxylation is 1. The molecule has 6 rings (SSSR count). The molecule has 3 aliphatic heterocycles. The number of likely N-dealkylation sites (tertiary alicyclic amines) is 1. The summed E-state index contributed by atoms with van der Waals surface area (Å²) in [7, 11) is -1.79. The van der Waals surface area contributed by atoms with E-state index in [2.05, 4.69) is 15.5 Å². The van der Waals surface area contributed by atoms with E-state index in [1.165, 1.54) is 24.1 Å². The lowest BCUT2D eigenvalue weighted by Gasteiger charge is -2.37. The zero-order chi connectivity index (χ0) is 41.8. The maximum Gasteiger partial charge on any atom is 0.410 e. The minimum Gasteiger partial charge on any atom is -0.478 e. The standard InChI is InChI=1S/C41H56F3N5O8S/c1-26(29-11-10-12-32(34(29)42)41(43,44)28-14-19-48(20-15-28)39(51)57-40(2,3)4)45-36-31-25-30(27-16-23-58(52,53)24-17-27)38(50)49(35(31)37(54-5)47-46-36)18-9-7-6-8-13-33-55-21-22-56-33/h10-12,25-28,33H,6-9,13-24H2,1-5H3,(H,45,46)/t26-/m1/s1. The fraction of sp³-hybridized carbons (Fsp3) is 0.659. The van der Waals surface area contributed by atoms with Gasteiger partial charge >= 0.3 is 6.09 Å². The average molecular weight is 836 g/mol. The molecule has 3 aromatic rings. The number of benzene rings is 1. The van der Waals surface area contributed by atoms with E-state index >= 15 is 13.2 Å². The van der Waals surface area contributed by atoms with Crippen molar-refractivity contribution in [2.45, 2.75) is 122 Å². The van der Waals surface area contributed by atoms with Gasteiger partial charge in [-0.1, -0.05) is 31.0 Å². The molecular weight excluding hydrogens is 780 g/mol. The number of fused-ring (bicyclic) bond motifs is 1. The Morgan fingerprint density at radius 2 is 1.69 bits per heavy atom. The maximum atomic E-state index is 16.3. The van der Waals surface area contributed by atoms with Crippen molar-refractivity contribution in [3.05, 3.63) is 57.1 Å². The molecule has 1 atom stereocenters. The van der Waals surface area contributed by atoms with Crippen LogP contribution in [0.4, 0.5) is 23.8 Å². The summed E-state index contributed by atoms with van der Waals surface area (Å²) in [5, 5.41) is 12.3. The molecule has 0 unspecified atom stereocenters. The largest absolute Gasteiger partial charge is 0.478 e. The molecule has 5 heterocycles. The lowest BCUT2D eigenvalue weighted by Crippen LogP contribution is -2.44. The maximum absolute atomic E-state index is 16.3. The first-order valence-corrected chi connectivity index (χ1v) is 22.1. The molecule has 13 nitrogen and oxygen atoms in total. The summed E-state index contributed by atoms with van der Waals surface area (Å²) in [6, 6.07) is 4.74. The second-order valence-electron chi connectivity index (χ2n) is 16.6. The van der Waals surface area contributed by atoms with Crippen LogP contribution < -0.4 is 15.6 Å². The van der Waals surface area contributed by atoms with E-state index in [4.69, 9.17) is 18.9 Å². The van der Waals surface area contributed by atoms with Crippen molar-refractivity contribution in [1.29, 1.82) is 0 Å².